The molecule has 2 heterocycles. The third-order valence-corrected chi connectivity index (χ3v) is 6.24. The van der Waals surface area contributed by atoms with Gasteiger partial charge in [0.1, 0.15) is 6.04 Å². The third kappa shape index (κ3) is 3.92. The molecule has 29 heavy (non-hydrogen) atoms. The number of nitrogens with one attached hydrogen (secondary N) is 1. The molecule has 1 N–H and O–H groups in total. The number of nitrogens with zero attached hydrogens (tertiary/aromatic N) is 1. The summed E-state index contributed by atoms with van der Waals surface area (Å²) >= 11 is 6.10. The second-order valence-corrected chi connectivity index (χ2v) is 8.19. The van der Waals surface area contributed by atoms with Gasteiger partial charge in [0.25, 0.3) is 5.91 Å². The third-order valence-electron chi connectivity index (χ3n) is 5.81. The van der Waals surface area contributed by atoms with E-state index >= 15 is 0 Å². The van der Waals surface area contributed by atoms with Gasteiger partial charge in [0, 0.05) is 23.6 Å². The fourth-order valence-corrected chi connectivity index (χ4v) is 4.35. The van der Waals surface area contributed by atoms with Gasteiger partial charge in [-0.15, -0.1) is 0 Å². The summed E-state index contributed by atoms with van der Waals surface area (Å²) in [5, 5.41) is 3.13. The molecule has 1 fully saturated rings. The molecule has 3 amide bonds. The Balaban J connectivity index is 1.46. The van der Waals surface area contributed by atoms with E-state index in [1.54, 1.807) is 4.90 Å². The second-order valence-electron chi connectivity index (χ2n) is 7.78. The van der Waals surface area contributed by atoms with E-state index in [1.165, 1.54) is 5.56 Å². The van der Waals surface area contributed by atoms with Crippen molar-refractivity contribution in [2.24, 2.45) is 0 Å². The van der Waals surface area contributed by atoms with Gasteiger partial charge in [0.05, 0.1) is 0 Å². The van der Waals surface area contributed by atoms with Crippen molar-refractivity contribution in [3.8, 4) is 0 Å². The minimum Gasteiger partial charge on any atom is -0.322 e. The molecular formula is C23H23ClN2O3. The van der Waals surface area contributed by atoms with Crippen LogP contribution in [0.15, 0.2) is 36.4 Å². The maximum atomic E-state index is 12.9. The van der Waals surface area contributed by atoms with Crippen molar-refractivity contribution in [3.05, 3.63) is 69.2 Å². The summed E-state index contributed by atoms with van der Waals surface area (Å²) in [7, 11) is 0. The van der Waals surface area contributed by atoms with E-state index in [-0.39, 0.29) is 24.1 Å². The molecule has 1 atom stereocenters. The van der Waals surface area contributed by atoms with E-state index in [1.807, 2.05) is 25.1 Å². The van der Waals surface area contributed by atoms with Crippen LogP contribution < -0.4 is 5.32 Å². The van der Waals surface area contributed by atoms with Crippen LogP contribution in [0.25, 0.3) is 0 Å². The number of amides is 3. The Morgan fingerprint density at radius 3 is 2.72 bits per heavy atom. The number of piperidine rings is 1. The van der Waals surface area contributed by atoms with Crippen LogP contribution in [-0.2, 0) is 29.0 Å². The van der Waals surface area contributed by atoms with Crippen molar-refractivity contribution in [2.75, 3.05) is 0 Å². The predicted molar refractivity (Wildman–Crippen MR) is 111 cm³/mol. The van der Waals surface area contributed by atoms with Gasteiger partial charge in [-0.2, -0.15) is 0 Å². The van der Waals surface area contributed by atoms with Crippen LogP contribution >= 0.6 is 11.6 Å². The quantitative estimate of drug-likeness (QED) is 0.766. The van der Waals surface area contributed by atoms with E-state index in [2.05, 4.69) is 23.5 Å². The number of rotatable bonds is 5. The van der Waals surface area contributed by atoms with E-state index < -0.39 is 6.04 Å². The van der Waals surface area contributed by atoms with Crippen LogP contribution in [0.4, 0.5) is 0 Å². The molecule has 0 aromatic heterocycles. The highest BCUT2D eigenvalue weighted by atomic mass is 35.5. The van der Waals surface area contributed by atoms with E-state index in [0.29, 0.717) is 18.5 Å². The maximum Gasteiger partial charge on any atom is 0.255 e. The summed E-state index contributed by atoms with van der Waals surface area (Å²) in [6.07, 6.45) is 3.41. The first kappa shape index (κ1) is 19.6. The number of carbonyl (C=O) groups is 3. The highest BCUT2D eigenvalue weighted by Gasteiger charge is 2.39. The maximum absolute atomic E-state index is 12.9. The van der Waals surface area contributed by atoms with E-state index in [0.717, 1.165) is 41.0 Å². The molecule has 2 aromatic rings. The normalized spacial score (nSPS) is 18.8. The molecule has 4 rings (SSSR count). The van der Waals surface area contributed by atoms with Gasteiger partial charge in [0.2, 0.25) is 11.8 Å². The first-order valence-electron chi connectivity index (χ1n) is 9.94. The topological polar surface area (TPSA) is 66.5 Å². The molecule has 1 unspecified atom stereocenters. The molecule has 6 heteroatoms. The lowest BCUT2D eigenvalue weighted by Crippen LogP contribution is -2.52. The summed E-state index contributed by atoms with van der Waals surface area (Å²) in [5.41, 5.74) is 5.16. The number of halogens is 1. The largest absolute Gasteiger partial charge is 0.322 e. The first-order valence-corrected chi connectivity index (χ1v) is 10.3. The van der Waals surface area contributed by atoms with Crippen molar-refractivity contribution in [1.29, 1.82) is 0 Å². The molecule has 2 aromatic carbocycles. The summed E-state index contributed by atoms with van der Waals surface area (Å²) in [4.78, 5) is 38.1. The zero-order chi connectivity index (χ0) is 20.5. The predicted octanol–water partition coefficient (Wildman–Crippen LogP) is 3.58. The fourth-order valence-electron chi connectivity index (χ4n) is 4.23. The molecule has 0 aliphatic carbocycles. The number of aryl methyl sites for hydroxylation is 3. The van der Waals surface area contributed by atoms with Crippen LogP contribution in [0.5, 0.6) is 0 Å². The summed E-state index contributed by atoms with van der Waals surface area (Å²) in [6, 6.07) is 11.3. The molecule has 0 spiro atoms. The van der Waals surface area contributed by atoms with Gasteiger partial charge in [-0.3, -0.25) is 19.7 Å². The SMILES string of the molecule is Cc1cc(CCCc2cccc3c2CN(C2CCC(=O)NC2=O)C3=O)ccc1Cl. The lowest BCUT2D eigenvalue weighted by atomic mass is 9.97. The molecule has 0 saturated carbocycles. The standard InChI is InChI=1S/C23H23ClN2O3/c1-14-12-15(8-9-19(14)24)4-2-5-16-6-3-7-17-18(16)13-26(23(17)29)20-10-11-21(27)25-22(20)28/h3,6-9,12,20H,2,4-5,10-11,13H2,1H3,(H,25,27,28). The van der Waals surface area contributed by atoms with Gasteiger partial charge in [-0.25, -0.2) is 0 Å². The van der Waals surface area contributed by atoms with Crippen molar-refractivity contribution in [3.63, 3.8) is 0 Å². The average Bonchev–Trinajstić information content (AvgIpc) is 3.02. The van der Waals surface area contributed by atoms with Crippen LogP contribution in [0, 0.1) is 6.92 Å². The van der Waals surface area contributed by atoms with Crippen LogP contribution in [0.1, 0.15) is 51.9 Å². The highest BCUT2D eigenvalue weighted by molar-refractivity contribution is 6.31. The van der Waals surface area contributed by atoms with Gasteiger partial charge < -0.3 is 4.90 Å². The fraction of sp³-hybridized carbons (Fsp3) is 0.348. The lowest BCUT2D eigenvalue weighted by molar-refractivity contribution is -0.136. The van der Waals surface area contributed by atoms with Gasteiger partial charge >= 0.3 is 0 Å². The molecule has 2 aliphatic rings. The van der Waals surface area contributed by atoms with E-state index in [4.69, 9.17) is 11.6 Å². The molecule has 0 bridgehead atoms. The Bertz CT molecular complexity index is 1000. The van der Waals surface area contributed by atoms with Crippen molar-refractivity contribution in [1.82, 2.24) is 10.2 Å². The number of benzene rings is 2. The van der Waals surface area contributed by atoms with Crippen LogP contribution in [0.3, 0.4) is 0 Å². The Morgan fingerprint density at radius 1 is 1.14 bits per heavy atom. The Morgan fingerprint density at radius 2 is 1.97 bits per heavy atom. The number of imide groups is 1. The van der Waals surface area contributed by atoms with Crippen molar-refractivity contribution < 1.29 is 14.4 Å². The van der Waals surface area contributed by atoms with E-state index in [9.17, 15) is 14.4 Å². The molecule has 5 nitrogen and oxygen atoms in total. The smallest absolute Gasteiger partial charge is 0.255 e. The Kier molecular flexibility index (Phi) is 5.41. The molecule has 150 valence electrons. The number of fused-ring (bicyclic) bond motifs is 1. The average molecular weight is 411 g/mol. The minimum atomic E-state index is -0.572. The summed E-state index contributed by atoms with van der Waals surface area (Å²) in [5.74, 6) is -0.764. The van der Waals surface area contributed by atoms with Crippen molar-refractivity contribution >= 4 is 29.3 Å². The highest BCUT2D eigenvalue weighted by Crippen LogP contribution is 2.30. The second kappa shape index (κ2) is 7.99. The van der Waals surface area contributed by atoms with Gasteiger partial charge in [-0.1, -0.05) is 35.9 Å². The zero-order valence-electron chi connectivity index (χ0n) is 16.3. The lowest BCUT2D eigenvalue weighted by Gasteiger charge is -2.29. The first-order chi connectivity index (χ1) is 13.9. The van der Waals surface area contributed by atoms with Gasteiger partial charge in [0.15, 0.2) is 0 Å². The molecular weight excluding hydrogens is 388 g/mol. The number of hydrogen-bond donors (Lipinski definition) is 1. The zero-order valence-corrected chi connectivity index (χ0v) is 17.1. The van der Waals surface area contributed by atoms with Gasteiger partial charge in [-0.05, 0) is 67.0 Å². The molecule has 2 aliphatic heterocycles. The molecule has 1 saturated heterocycles. The number of carbonyl (C=O) groups excluding carboxylic acids is 3. The van der Waals surface area contributed by atoms with Crippen LogP contribution in [-0.4, -0.2) is 28.7 Å². The van der Waals surface area contributed by atoms with Crippen molar-refractivity contribution in [2.45, 2.75) is 51.6 Å². The molecule has 0 radical (unpaired) electrons. The number of hydrogen-bond acceptors (Lipinski definition) is 3. The monoisotopic (exact) mass is 410 g/mol. The van der Waals surface area contributed by atoms with Crippen LogP contribution in [0.2, 0.25) is 5.02 Å². The summed E-state index contributed by atoms with van der Waals surface area (Å²) < 4.78 is 0. The Hall–Kier alpha value is -2.66. The minimum absolute atomic E-state index is 0.121. The Labute approximate surface area is 175 Å². The summed E-state index contributed by atoms with van der Waals surface area (Å²) in [6.45, 7) is 2.43.